The first-order chi connectivity index (χ1) is 11.6. The lowest BCUT2D eigenvalue weighted by Gasteiger charge is -2.37. The Morgan fingerprint density at radius 2 is 1.67 bits per heavy atom. The summed E-state index contributed by atoms with van der Waals surface area (Å²) in [7, 11) is 0. The lowest BCUT2D eigenvalue weighted by molar-refractivity contribution is -0.384. The summed E-state index contributed by atoms with van der Waals surface area (Å²) in [6, 6.07) is 14.6. The van der Waals surface area contributed by atoms with Crippen molar-refractivity contribution in [2.45, 2.75) is 0 Å². The van der Waals surface area contributed by atoms with Crippen LogP contribution in [0.15, 0.2) is 46.9 Å². The van der Waals surface area contributed by atoms with Crippen LogP contribution in [0.5, 0.6) is 0 Å². The number of halogens is 1. The van der Waals surface area contributed by atoms with Crippen LogP contribution >= 0.6 is 15.9 Å². The van der Waals surface area contributed by atoms with Crippen LogP contribution in [0.1, 0.15) is 5.56 Å². The number of non-ortho nitro benzene ring substituents is 1. The highest BCUT2D eigenvalue weighted by Crippen LogP contribution is 2.27. The Labute approximate surface area is 148 Å². The maximum Gasteiger partial charge on any atom is 0.269 e. The van der Waals surface area contributed by atoms with E-state index in [0.29, 0.717) is 5.56 Å². The number of anilines is 2. The minimum Gasteiger partial charge on any atom is -0.368 e. The number of nitriles is 1. The SMILES string of the molecule is N#Cc1cc(Br)ccc1N1CCN(c2ccc([N+](=O)[O-])cc2)CC1. The minimum atomic E-state index is -0.390. The fraction of sp³-hybridized carbons (Fsp3) is 0.235. The van der Waals surface area contributed by atoms with E-state index in [1.165, 1.54) is 12.1 Å². The smallest absolute Gasteiger partial charge is 0.269 e. The maximum atomic E-state index is 10.7. The van der Waals surface area contributed by atoms with Gasteiger partial charge in [0.05, 0.1) is 16.2 Å². The maximum absolute atomic E-state index is 10.7. The van der Waals surface area contributed by atoms with E-state index in [1.54, 1.807) is 12.1 Å². The van der Waals surface area contributed by atoms with Crippen molar-refractivity contribution in [1.29, 1.82) is 5.26 Å². The van der Waals surface area contributed by atoms with Gasteiger partial charge >= 0.3 is 0 Å². The Hall–Kier alpha value is -2.59. The summed E-state index contributed by atoms with van der Waals surface area (Å²) in [6.45, 7) is 3.21. The first-order valence-corrected chi connectivity index (χ1v) is 8.32. The van der Waals surface area contributed by atoms with E-state index in [9.17, 15) is 15.4 Å². The molecule has 1 aliphatic heterocycles. The van der Waals surface area contributed by atoms with E-state index in [1.807, 2.05) is 18.2 Å². The molecule has 6 nitrogen and oxygen atoms in total. The van der Waals surface area contributed by atoms with Crippen LogP contribution in [0.2, 0.25) is 0 Å². The quantitative estimate of drug-likeness (QED) is 0.595. The van der Waals surface area contributed by atoms with Gasteiger partial charge in [0.1, 0.15) is 6.07 Å². The summed E-state index contributed by atoms with van der Waals surface area (Å²) in [4.78, 5) is 14.7. The van der Waals surface area contributed by atoms with Crippen molar-refractivity contribution in [2.24, 2.45) is 0 Å². The molecule has 3 rings (SSSR count). The number of rotatable bonds is 3. The zero-order valence-electron chi connectivity index (χ0n) is 12.9. The monoisotopic (exact) mass is 386 g/mol. The number of hydrogen-bond donors (Lipinski definition) is 0. The van der Waals surface area contributed by atoms with Crippen molar-refractivity contribution in [3.05, 3.63) is 62.6 Å². The van der Waals surface area contributed by atoms with E-state index >= 15 is 0 Å². The van der Waals surface area contributed by atoms with Gasteiger partial charge < -0.3 is 9.80 Å². The van der Waals surface area contributed by atoms with Crippen molar-refractivity contribution in [3.8, 4) is 6.07 Å². The van der Waals surface area contributed by atoms with Gasteiger partial charge in [-0.25, -0.2) is 0 Å². The average Bonchev–Trinajstić information content (AvgIpc) is 2.62. The lowest BCUT2D eigenvalue weighted by atomic mass is 10.1. The molecular weight excluding hydrogens is 372 g/mol. The molecule has 0 aromatic heterocycles. The Bertz CT molecular complexity index is 793. The van der Waals surface area contributed by atoms with Crippen molar-refractivity contribution in [1.82, 2.24) is 0 Å². The Morgan fingerprint density at radius 1 is 1.04 bits per heavy atom. The number of benzene rings is 2. The molecule has 0 aliphatic carbocycles. The predicted molar refractivity (Wildman–Crippen MR) is 96.4 cm³/mol. The van der Waals surface area contributed by atoms with Gasteiger partial charge in [-0.1, -0.05) is 15.9 Å². The predicted octanol–water partition coefficient (Wildman–Crippen LogP) is 3.56. The molecule has 0 N–H and O–H groups in total. The van der Waals surface area contributed by atoms with Gasteiger partial charge in [0.2, 0.25) is 0 Å². The van der Waals surface area contributed by atoms with E-state index in [2.05, 4.69) is 31.8 Å². The van der Waals surface area contributed by atoms with E-state index < -0.39 is 4.92 Å². The standard InChI is InChI=1S/C17H15BrN4O2/c18-14-1-6-17(13(11-14)12-19)21-9-7-20(8-10-21)15-2-4-16(5-3-15)22(23)24/h1-6,11H,7-10H2. The van der Waals surface area contributed by atoms with Crippen LogP contribution in [0, 0.1) is 21.4 Å². The van der Waals surface area contributed by atoms with E-state index in [4.69, 9.17) is 0 Å². The van der Waals surface area contributed by atoms with Crippen molar-refractivity contribution < 1.29 is 4.92 Å². The van der Waals surface area contributed by atoms with Crippen LogP contribution in [-0.2, 0) is 0 Å². The average molecular weight is 387 g/mol. The first kappa shape index (κ1) is 16.3. The van der Waals surface area contributed by atoms with Gasteiger partial charge in [0.25, 0.3) is 5.69 Å². The van der Waals surface area contributed by atoms with Gasteiger partial charge in [0, 0.05) is 48.5 Å². The molecule has 1 aliphatic rings. The zero-order valence-corrected chi connectivity index (χ0v) is 14.4. The molecule has 122 valence electrons. The number of piperazine rings is 1. The topological polar surface area (TPSA) is 73.4 Å². The molecular formula is C17H15BrN4O2. The Balaban J connectivity index is 1.70. The molecule has 1 fully saturated rings. The summed E-state index contributed by atoms with van der Waals surface area (Å²) in [5.41, 5.74) is 2.69. The third kappa shape index (κ3) is 3.34. The van der Waals surface area contributed by atoms with Gasteiger partial charge in [0.15, 0.2) is 0 Å². The Morgan fingerprint density at radius 3 is 2.25 bits per heavy atom. The van der Waals surface area contributed by atoms with Crippen LogP contribution in [0.4, 0.5) is 17.1 Å². The molecule has 1 saturated heterocycles. The molecule has 0 atom stereocenters. The van der Waals surface area contributed by atoms with Gasteiger partial charge in [-0.2, -0.15) is 5.26 Å². The van der Waals surface area contributed by atoms with Crippen LogP contribution in [-0.4, -0.2) is 31.1 Å². The summed E-state index contributed by atoms with van der Waals surface area (Å²) in [5.74, 6) is 0. The van der Waals surface area contributed by atoms with E-state index in [-0.39, 0.29) is 5.69 Å². The third-order valence-electron chi connectivity index (χ3n) is 4.13. The molecule has 0 radical (unpaired) electrons. The molecule has 7 heteroatoms. The number of nitro groups is 1. The van der Waals surface area contributed by atoms with Crippen LogP contribution in [0.25, 0.3) is 0 Å². The highest BCUT2D eigenvalue weighted by Gasteiger charge is 2.20. The third-order valence-corrected chi connectivity index (χ3v) is 4.62. The summed E-state index contributed by atoms with van der Waals surface area (Å²) in [5, 5.41) is 20.0. The van der Waals surface area contributed by atoms with Crippen molar-refractivity contribution in [3.63, 3.8) is 0 Å². The van der Waals surface area contributed by atoms with Gasteiger partial charge in [-0.3, -0.25) is 10.1 Å². The largest absolute Gasteiger partial charge is 0.368 e. The highest BCUT2D eigenvalue weighted by molar-refractivity contribution is 9.10. The second-order valence-corrected chi connectivity index (χ2v) is 6.44. The summed E-state index contributed by atoms with van der Waals surface area (Å²) < 4.78 is 0.896. The molecule has 2 aromatic rings. The molecule has 24 heavy (non-hydrogen) atoms. The van der Waals surface area contributed by atoms with Gasteiger partial charge in [-0.15, -0.1) is 0 Å². The van der Waals surface area contributed by atoms with E-state index in [0.717, 1.165) is 42.0 Å². The van der Waals surface area contributed by atoms with Gasteiger partial charge in [-0.05, 0) is 30.3 Å². The highest BCUT2D eigenvalue weighted by atomic mass is 79.9. The number of hydrogen-bond acceptors (Lipinski definition) is 5. The first-order valence-electron chi connectivity index (χ1n) is 7.52. The Kier molecular flexibility index (Phi) is 4.67. The molecule has 0 amide bonds. The normalized spacial score (nSPS) is 14.3. The molecule has 0 unspecified atom stereocenters. The molecule has 2 aromatic carbocycles. The fourth-order valence-corrected chi connectivity index (χ4v) is 3.23. The van der Waals surface area contributed by atoms with Crippen molar-refractivity contribution in [2.75, 3.05) is 36.0 Å². The second-order valence-electron chi connectivity index (χ2n) is 5.52. The molecule has 0 spiro atoms. The number of nitro benzene ring substituents is 1. The molecule has 0 saturated carbocycles. The van der Waals surface area contributed by atoms with Crippen LogP contribution < -0.4 is 9.80 Å². The second kappa shape index (κ2) is 6.89. The summed E-state index contributed by atoms with van der Waals surface area (Å²) >= 11 is 3.39. The van der Waals surface area contributed by atoms with Crippen molar-refractivity contribution >= 4 is 33.0 Å². The minimum absolute atomic E-state index is 0.103. The molecule has 0 bridgehead atoms. The molecule has 1 heterocycles. The van der Waals surface area contributed by atoms with Crippen LogP contribution in [0.3, 0.4) is 0 Å². The lowest BCUT2D eigenvalue weighted by Crippen LogP contribution is -2.46. The zero-order chi connectivity index (χ0) is 17.1. The number of nitrogens with zero attached hydrogens (tertiary/aromatic N) is 4. The summed E-state index contributed by atoms with van der Waals surface area (Å²) in [6.07, 6.45) is 0. The fourth-order valence-electron chi connectivity index (χ4n) is 2.86.